The average molecular weight is 253 g/mol. The third-order valence-electron chi connectivity index (χ3n) is 3.53. The van der Waals surface area contributed by atoms with Crippen molar-refractivity contribution in [3.05, 3.63) is 34.9 Å². The fraction of sp³-hybridized carbons (Fsp3) is 0.571. The van der Waals surface area contributed by atoms with Crippen LogP contribution in [0.25, 0.3) is 0 Å². The highest BCUT2D eigenvalue weighted by atomic mass is 35.5. The van der Waals surface area contributed by atoms with Crippen LogP contribution in [0.2, 0.25) is 5.02 Å². The third-order valence-corrected chi connectivity index (χ3v) is 3.76. The maximum atomic E-state index is 6.38. The Kier molecular flexibility index (Phi) is 4.08. The van der Waals surface area contributed by atoms with Crippen LogP contribution in [0, 0.1) is 0 Å². The van der Waals surface area contributed by atoms with Crippen LogP contribution >= 0.6 is 11.6 Å². The fourth-order valence-electron chi connectivity index (χ4n) is 2.78. The lowest BCUT2D eigenvalue weighted by molar-refractivity contribution is 0.241. The number of rotatable bonds is 4. The molecule has 0 atom stereocenters. The molecule has 2 nitrogen and oxygen atoms in total. The second-order valence-corrected chi connectivity index (χ2v) is 5.81. The molecule has 0 aliphatic heterocycles. The van der Waals surface area contributed by atoms with Gasteiger partial charge in [0.15, 0.2) is 0 Å². The van der Waals surface area contributed by atoms with Crippen molar-refractivity contribution in [1.82, 2.24) is 4.90 Å². The predicted molar refractivity (Wildman–Crippen MR) is 73.2 cm³/mol. The van der Waals surface area contributed by atoms with Crippen molar-refractivity contribution in [2.45, 2.75) is 37.8 Å². The van der Waals surface area contributed by atoms with E-state index in [1.54, 1.807) is 0 Å². The summed E-state index contributed by atoms with van der Waals surface area (Å²) in [6.07, 6.45) is 4.88. The summed E-state index contributed by atoms with van der Waals surface area (Å²) in [5.41, 5.74) is 7.66. The van der Waals surface area contributed by atoms with Crippen LogP contribution in [0.4, 0.5) is 0 Å². The minimum Gasteiger partial charge on any atom is -0.324 e. The molecule has 0 aromatic heterocycles. The molecule has 1 aromatic rings. The topological polar surface area (TPSA) is 29.3 Å². The molecule has 1 saturated carbocycles. The van der Waals surface area contributed by atoms with E-state index in [9.17, 15) is 0 Å². The highest BCUT2D eigenvalue weighted by molar-refractivity contribution is 6.30. The molecule has 1 aliphatic rings. The van der Waals surface area contributed by atoms with Gasteiger partial charge in [-0.1, -0.05) is 36.6 Å². The first kappa shape index (κ1) is 12.9. The third kappa shape index (κ3) is 3.70. The molecule has 2 rings (SSSR count). The van der Waals surface area contributed by atoms with Gasteiger partial charge in [0.2, 0.25) is 0 Å². The molecule has 1 aliphatic carbocycles. The lowest BCUT2D eigenvalue weighted by Gasteiger charge is -2.29. The van der Waals surface area contributed by atoms with Gasteiger partial charge in [0.25, 0.3) is 0 Å². The quantitative estimate of drug-likeness (QED) is 0.893. The number of benzene rings is 1. The maximum Gasteiger partial charge on any atom is 0.0409 e. The van der Waals surface area contributed by atoms with E-state index in [2.05, 4.69) is 18.0 Å². The van der Waals surface area contributed by atoms with E-state index in [0.717, 1.165) is 31.0 Å². The number of nitrogens with two attached hydrogens (primary N) is 1. The Hall–Kier alpha value is -0.570. The first-order valence-corrected chi connectivity index (χ1v) is 6.67. The van der Waals surface area contributed by atoms with Crippen LogP contribution in [0.5, 0.6) is 0 Å². The Morgan fingerprint density at radius 1 is 1.35 bits per heavy atom. The predicted octanol–water partition coefficient (Wildman–Crippen LogP) is 3.04. The summed E-state index contributed by atoms with van der Waals surface area (Å²) in [7, 11) is 2.13. The molecular formula is C14H21ClN2. The average Bonchev–Trinajstić information content (AvgIpc) is 2.64. The van der Waals surface area contributed by atoms with Crippen molar-refractivity contribution in [3.63, 3.8) is 0 Å². The minimum absolute atomic E-state index is 0.0350. The van der Waals surface area contributed by atoms with Crippen LogP contribution in [0.1, 0.15) is 31.2 Å². The summed E-state index contributed by atoms with van der Waals surface area (Å²) >= 11 is 5.98. The summed E-state index contributed by atoms with van der Waals surface area (Å²) in [6.45, 7) is 1.89. The monoisotopic (exact) mass is 252 g/mol. The van der Waals surface area contributed by atoms with Crippen LogP contribution in [-0.4, -0.2) is 24.0 Å². The zero-order valence-electron chi connectivity index (χ0n) is 10.5. The molecule has 0 heterocycles. The molecule has 0 unspecified atom stereocenters. The number of nitrogens with zero attached hydrogens (tertiary/aromatic N) is 1. The standard InChI is InChI=1S/C14H21ClN2/c1-17(11-14(16)7-2-3-8-14)10-12-5-4-6-13(15)9-12/h4-6,9H,2-3,7-8,10-11,16H2,1H3. The van der Waals surface area contributed by atoms with Gasteiger partial charge >= 0.3 is 0 Å². The van der Waals surface area contributed by atoms with E-state index < -0.39 is 0 Å². The van der Waals surface area contributed by atoms with Gasteiger partial charge in [0.05, 0.1) is 0 Å². The lowest BCUT2D eigenvalue weighted by Crippen LogP contribution is -2.46. The Morgan fingerprint density at radius 2 is 2.06 bits per heavy atom. The van der Waals surface area contributed by atoms with Crippen LogP contribution in [0.3, 0.4) is 0 Å². The van der Waals surface area contributed by atoms with E-state index in [0.29, 0.717) is 0 Å². The maximum absolute atomic E-state index is 6.38. The Labute approximate surface area is 109 Å². The van der Waals surface area contributed by atoms with E-state index >= 15 is 0 Å². The second kappa shape index (κ2) is 5.38. The van der Waals surface area contributed by atoms with Gasteiger partial charge in [0.1, 0.15) is 0 Å². The van der Waals surface area contributed by atoms with Crippen molar-refractivity contribution in [2.75, 3.05) is 13.6 Å². The van der Waals surface area contributed by atoms with Crippen molar-refractivity contribution in [2.24, 2.45) is 5.73 Å². The molecule has 0 spiro atoms. The summed E-state index contributed by atoms with van der Waals surface area (Å²) in [5.74, 6) is 0. The molecule has 0 bridgehead atoms. The molecular weight excluding hydrogens is 232 g/mol. The molecule has 1 aromatic carbocycles. The zero-order valence-corrected chi connectivity index (χ0v) is 11.2. The Morgan fingerprint density at radius 3 is 2.71 bits per heavy atom. The number of likely N-dealkylation sites (N-methyl/N-ethyl adjacent to an activating group) is 1. The normalized spacial score (nSPS) is 18.8. The molecule has 2 N–H and O–H groups in total. The molecule has 0 radical (unpaired) electrons. The van der Waals surface area contributed by atoms with Gasteiger partial charge in [-0.2, -0.15) is 0 Å². The van der Waals surface area contributed by atoms with Crippen molar-refractivity contribution in [1.29, 1.82) is 0 Å². The molecule has 0 amide bonds. The molecule has 17 heavy (non-hydrogen) atoms. The molecule has 0 saturated heterocycles. The van der Waals surface area contributed by atoms with Gasteiger partial charge in [-0.05, 0) is 37.6 Å². The molecule has 1 fully saturated rings. The van der Waals surface area contributed by atoms with Crippen LogP contribution in [-0.2, 0) is 6.54 Å². The van der Waals surface area contributed by atoms with Crippen molar-refractivity contribution >= 4 is 11.6 Å². The van der Waals surface area contributed by atoms with E-state index in [-0.39, 0.29) is 5.54 Å². The number of hydrogen-bond acceptors (Lipinski definition) is 2. The lowest BCUT2D eigenvalue weighted by atomic mass is 9.98. The summed E-state index contributed by atoms with van der Waals surface area (Å²) in [4.78, 5) is 2.30. The van der Waals surface area contributed by atoms with Gasteiger partial charge in [0, 0.05) is 23.7 Å². The number of hydrogen-bond donors (Lipinski definition) is 1. The first-order valence-electron chi connectivity index (χ1n) is 6.29. The van der Waals surface area contributed by atoms with Gasteiger partial charge in [-0.25, -0.2) is 0 Å². The smallest absolute Gasteiger partial charge is 0.0409 e. The van der Waals surface area contributed by atoms with E-state index in [1.807, 2.05) is 18.2 Å². The van der Waals surface area contributed by atoms with Crippen molar-refractivity contribution in [3.8, 4) is 0 Å². The summed E-state index contributed by atoms with van der Waals surface area (Å²) < 4.78 is 0. The van der Waals surface area contributed by atoms with Crippen LogP contribution < -0.4 is 5.73 Å². The second-order valence-electron chi connectivity index (χ2n) is 5.37. The minimum atomic E-state index is 0.0350. The summed E-state index contributed by atoms with van der Waals surface area (Å²) in [6, 6.07) is 8.04. The molecule has 94 valence electrons. The number of halogens is 1. The highest BCUT2D eigenvalue weighted by Crippen LogP contribution is 2.28. The first-order chi connectivity index (χ1) is 8.07. The Balaban J connectivity index is 1.90. The highest BCUT2D eigenvalue weighted by Gasteiger charge is 2.30. The SMILES string of the molecule is CN(Cc1cccc(Cl)c1)CC1(N)CCCC1. The molecule has 3 heteroatoms. The largest absolute Gasteiger partial charge is 0.324 e. The zero-order chi connectivity index (χ0) is 12.3. The summed E-state index contributed by atoms with van der Waals surface area (Å²) in [5, 5.41) is 0.805. The van der Waals surface area contributed by atoms with Gasteiger partial charge in [-0.3, -0.25) is 0 Å². The van der Waals surface area contributed by atoms with E-state index in [4.69, 9.17) is 17.3 Å². The van der Waals surface area contributed by atoms with E-state index in [1.165, 1.54) is 18.4 Å². The van der Waals surface area contributed by atoms with Crippen molar-refractivity contribution < 1.29 is 0 Å². The van der Waals surface area contributed by atoms with Crippen LogP contribution in [0.15, 0.2) is 24.3 Å². The fourth-order valence-corrected chi connectivity index (χ4v) is 2.99. The Bertz CT molecular complexity index is 372. The van der Waals surface area contributed by atoms with Gasteiger partial charge in [-0.15, -0.1) is 0 Å². The van der Waals surface area contributed by atoms with Gasteiger partial charge < -0.3 is 10.6 Å².